The molecule has 2 heteroatoms. The van der Waals surface area contributed by atoms with Crippen molar-refractivity contribution in [1.82, 2.24) is 5.32 Å². The summed E-state index contributed by atoms with van der Waals surface area (Å²) in [7, 11) is 0. The van der Waals surface area contributed by atoms with Gasteiger partial charge in [-0.25, -0.2) is 0 Å². The summed E-state index contributed by atoms with van der Waals surface area (Å²) in [5, 5.41) is 3.43. The highest BCUT2D eigenvalue weighted by molar-refractivity contribution is 4.76. The summed E-state index contributed by atoms with van der Waals surface area (Å²) in [5.41, 5.74) is 0. The summed E-state index contributed by atoms with van der Waals surface area (Å²) in [6, 6.07) is 0. The van der Waals surface area contributed by atoms with Crippen LogP contribution in [-0.2, 0) is 4.74 Å². The molecule has 72 valence electrons. The van der Waals surface area contributed by atoms with Crippen molar-refractivity contribution >= 4 is 0 Å². The van der Waals surface area contributed by atoms with Crippen LogP contribution in [0.4, 0.5) is 0 Å². The normalized spacial score (nSPS) is 33.2. The number of hydrogen-bond acceptors (Lipinski definition) is 2. The Balaban J connectivity index is 2.34. The Labute approximate surface area is 75.7 Å². The lowest BCUT2D eigenvalue weighted by atomic mass is 10.00. The van der Waals surface area contributed by atoms with Crippen LogP contribution in [0, 0.1) is 5.92 Å². The first kappa shape index (κ1) is 10.0. The van der Waals surface area contributed by atoms with Crippen LogP contribution in [0.2, 0.25) is 0 Å². The quantitative estimate of drug-likeness (QED) is 0.699. The Morgan fingerprint density at radius 2 is 2.17 bits per heavy atom. The average molecular weight is 171 g/mol. The van der Waals surface area contributed by atoms with Crippen molar-refractivity contribution in [2.75, 3.05) is 13.1 Å². The Morgan fingerprint density at radius 3 is 2.75 bits per heavy atom. The zero-order chi connectivity index (χ0) is 8.97. The summed E-state index contributed by atoms with van der Waals surface area (Å²) >= 11 is 0. The van der Waals surface area contributed by atoms with E-state index in [9.17, 15) is 0 Å². The first-order valence-corrected chi connectivity index (χ1v) is 5.14. The minimum atomic E-state index is 0.439. The monoisotopic (exact) mass is 171 g/mol. The van der Waals surface area contributed by atoms with Crippen LogP contribution >= 0.6 is 0 Å². The van der Waals surface area contributed by atoms with E-state index in [1.165, 1.54) is 6.42 Å². The van der Waals surface area contributed by atoms with Crippen LogP contribution in [0.5, 0.6) is 0 Å². The van der Waals surface area contributed by atoms with Gasteiger partial charge in [0.1, 0.15) is 0 Å². The van der Waals surface area contributed by atoms with Gasteiger partial charge in [0.25, 0.3) is 0 Å². The molecule has 0 saturated carbocycles. The molecule has 12 heavy (non-hydrogen) atoms. The highest BCUT2D eigenvalue weighted by Gasteiger charge is 2.24. The van der Waals surface area contributed by atoms with Crippen molar-refractivity contribution in [1.29, 1.82) is 0 Å². The van der Waals surface area contributed by atoms with Gasteiger partial charge >= 0.3 is 0 Å². The third-order valence-corrected chi connectivity index (χ3v) is 2.82. The van der Waals surface area contributed by atoms with Crippen molar-refractivity contribution in [3.05, 3.63) is 0 Å². The van der Waals surface area contributed by atoms with E-state index in [-0.39, 0.29) is 0 Å². The van der Waals surface area contributed by atoms with E-state index in [0.29, 0.717) is 18.1 Å². The van der Waals surface area contributed by atoms with Gasteiger partial charge in [0.05, 0.1) is 12.2 Å². The fourth-order valence-electron chi connectivity index (χ4n) is 1.57. The molecule has 1 aliphatic heterocycles. The second-order valence-electron chi connectivity index (χ2n) is 3.75. The maximum absolute atomic E-state index is 5.93. The molecule has 3 unspecified atom stereocenters. The van der Waals surface area contributed by atoms with Gasteiger partial charge in [0.15, 0.2) is 0 Å². The van der Waals surface area contributed by atoms with Gasteiger partial charge in [-0.15, -0.1) is 0 Å². The molecule has 1 rings (SSSR count). The molecule has 1 fully saturated rings. The number of ether oxygens (including phenoxy) is 1. The molecule has 1 N–H and O–H groups in total. The second kappa shape index (κ2) is 4.83. The molecule has 1 heterocycles. The zero-order valence-corrected chi connectivity index (χ0v) is 8.47. The number of hydrogen-bond donors (Lipinski definition) is 1. The molecule has 2 nitrogen and oxygen atoms in total. The summed E-state index contributed by atoms with van der Waals surface area (Å²) < 4.78 is 5.93. The standard InChI is InChI=1S/C10H21NO/c1-4-8(3)10-7-11-6-9(5-2)12-10/h8-11H,4-7H2,1-3H3. The number of rotatable bonds is 3. The molecular weight excluding hydrogens is 150 g/mol. The highest BCUT2D eigenvalue weighted by atomic mass is 16.5. The van der Waals surface area contributed by atoms with E-state index in [2.05, 4.69) is 26.1 Å². The van der Waals surface area contributed by atoms with Crippen LogP contribution in [0.3, 0.4) is 0 Å². The summed E-state index contributed by atoms with van der Waals surface area (Å²) in [4.78, 5) is 0. The van der Waals surface area contributed by atoms with Gasteiger partial charge in [-0.2, -0.15) is 0 Å². The molecule has 3 atom stereocenters. The van der Waals surface area contributed by atoms with Crippen LogP contribution in [-0.4, -0.2) is 25.3 Å². The van der Waals surface area contributed by atoms with Gasteiger partial charge < -0.3 is 10.1 Å². The van der Waals surface area contributed by atoms with Crippen molar-refractivity contribution in [3.63, 3.8) is 0 Å². The van der Waals surface area contributed by atoms with E-state index in [1.807, 2.05) is 0 Å². The average Bonchev–Trinajstić information content (AvgIpc) is 2.17. The fourth-order valence-corrected chi connectivity index (χ4v) is 1.57. The van der Waals surface area contributed by atoms with Crippen LogP contribution in [0.15, 0.2) is 0 Å². The molecule has 1 saturated heterocycles. The van der Waals surface area contributed by atoms with Gasteiger partial charge in [0.2, 0.25) is 0 Å². The molecule has 1 aliphatic rings. The van der Waals surface area contributed by atoms with E-state index >= 15 is 0 Å². The van der Waals surface area contributed by atoms with Crippen LogP contribution in [0.25, 0.3) is 0 Å². The van der Waals surface area contributed by atoms with E-state index in [0.717, 1.165) is 19.5 Å². The molecule has 0 amide bonds. The third-order valence-electron chi connectivity index (χ3n) is 2.82. The summed E-state index contributed by atoms with van der Waals surface area (Å²) in [6.07, 6.45) is 3.22. The Hall–Kier alpha value is -0.0800. The predicted octanol–water partition coefficient (Wildman–Crippen LogP) is 1.80. The lowest BCUT2D eigenvalue weighted by Crippen LogP contribution is -2.46. The zero-order valence-electron chi connectivity index (χ0n) is 8.47. The second-order valence-corrected chi connectivity index (χ2v) is 3.75. The Morgan fingerprint density at radius 1 is 1.42 bits per heavy atom. The predicted molar refractivity (Wildman–Crippen MR) is 51.3 cm³/mol. The number of morpholine rings is 1. The molecule has 0 spiro atoms. The van der Waals surface area contributed by atoms with E-state index in [1.54, 1.807) is 0 Å². The Kier molecular flexibility index (Phi) is 4.02. The minimum Gasteiger partial charge on any atom is -0.372 e. The van der Waals surface area contributed by atoms with Gasteiger partial charge in [-0.05, 0) is 12.3 Å². The SMILES string of the molecule is CCC1CNCC(C(C)CC)O1. The van der Waals surface area contributed by atoms with Crippen molar-refractivity contribution < 1.29 is 4.74 Å². The first-order valence-electron chi connectivity index (χ1n) is 5.14. The summed E-state index contributed by atoms with van der Waals surface area (Å²) in [6.45, 7) is 8.74. The van der Waals surface area contributed by atoms with Gasteiger partial charge in [-0.3, -0.25) is 0 Å². The molecule has 0 aromatic rings. The molecule has 0 aromatic heterocycles. The lowest BCUT2D eigenvalue weighted by molar-refractivity contribution is -0.0634. The molecule has 0 radical (unpaired) electrons. The Bertz CT molecular complexity index is 125. The van der Waals surface area contributed by atoms with Gasteiger partial charge in [0, 0.05) is 13.1 Å². The van der Waals surface area contributed by atoms with Crippen molar-refractivity contribution in [2.45, 2.75) is 45.8 Å². The minimum absolute atomic E-state index is 0.439. The molecule has 0 bridgehead atoms. The third kappa shape index (κ3) is 2.46. The maximum atomic E-state index is 5.93. The van der Waals surface area contributed by atoms with Crippen molar-refractivity contribution in [2.24, 2.45) is 5.92 Å². The smallest absolute Gasteiger partial charge is 0.0729 e. The maximum Gasteiger partial charge on any atom is 0.0729 e. The number of nitrogens with one attached hydrogen (secondary N) is 1. The van der Waals surface area contributed by atoms with Gasteiger partial charge in [-0.1, -0.05) is 27.2 Å². The van der Waals surface area contributed by atoms with Crippen molar-refractivity contribution in [3.8, 4) is 0 Å². The molecule has 0 aliphatic carbocycles. The first-order chi connectivity index (χ1) is 5.77. The van der Waals surface area contributed by atoms with E-state index < -0.39 is 0 Å². The van der Waals surface area contributed by atoms with Crippen LogP contribution in [0.1, 0.15) is 33.6 Å². The topological polar surface area (TPSA) is 21.3 Å². The van der Waals surface area contributed by atoms with E-state index in [4.69, 9.17) is 4.74 Å². The molecule has 0 aromatic carbocycles. The fraction of sp³-hybridized carbons (Fsp3) is 1.00. The largest absolute Gasteiger partial charge is 0.372 e. The highest BCUT2D eigenvalue weighted by Crippen LogP contribution is 2.16. The summed E-state index contributed by atoms with van der Waals surface area (Å²) in [5.74, 6) is 0.687. The van der Waals surface area contributed by atoms with Crippen LogP contribution < -0.4 is 5.32 Å². The molecular formula is C10H21NO. The lowest BCUT2D eigenvalue weighted by Gasteiger charge is -2.33.